The highest BCUT2D eigenvalue weighted by Crippen LogP contribution is 2.16. The van der Waals surface area contributed by atoms with Crippen molar-refractivity contribution < 1.29 is 0 Å². The minimum absolute atomic E-state index is 0.781. The predicted molar refractivity (Wildman–Crippen MR) is 45.7 cm³/mol. The summed E-state index contributed by atoms with van der Waals surface area (Å²) in [5, 5.41) is 8.41. The normalized spacial score (nSPS) is 10.1. The van der Waals surface area contributed by atoms with Gasteiger partial charge in [-0.1, -0.05) is 11.3 Å². The lowest BCUT2D eigenvalue weighted by atomic mass is 10.4. The Morgan fingerprint density at radius 2 is 2.17 bits per heavy atom. The molecule has 0 atom stereocenters. The van der Waals surface area contributed by atoms with Crippen molar-refractivity contribution >= 4 is 11.3 Å². The summed E-state index contributed by atoms with van der Waals surface area (Å²) in [5.41, 5.74) is 3.36. The third-order valence-electron chi connectivity index (χ3n) is 1.36. The lowest BCUT2D eigenvalue weighted by molar-refractivity contribution is 1.07. The number of hydrogen-bond acceptors (Lipinski definition) is 5. The molecule has 0 saturated heterocycles. The summed E-state index contributed by atoms with van der Waals surface area (Å²) >= 11 is 1.46. The van der Waals surface area contributed by atoms with E-state index in [1.54, 1.807) is 17.9 Å². The summed E-state index contributed by atoms with van der Waals surface area (Å²) < 4.78 is 0. The maximum Gasteiger partial charge on any atom is 0.167 e. The molecule has 0 radical (unpaired) electrons. The number of nitrogens with zero attached hydrogens (tertiary/aromatic N) is 4. The van der Waals surface area contributed by atoms with E-state index >= 15 is 0 Å². The first-order valence-corrected chi connectivity index (χ1v) is 4.29. The Hall–Kier alpha value is -1.36. The molecular weight excluding hydrogens is 172 g/mol. The number of rotatable bonds is 1. The highest BCUT2D eigenvalue weighted by molar-refractivity contribution is 7.12. The quantitative estimate of drug-likeness (QED) is 0.660. The molecule has 2 heterocycles. The first-order valence-electron chi connectivity index (χ1n) is 3.41. The van der Waals surface area contributed by atoms with Crippen LogP contribution in [-0.4, -0.2) is 20.2 Å². The molecule has 0 aliphatic heterocycles. The van der Waals surface area contributed by atoms with Crippen LogP contribution in [0.15, 0.2) is 17.9 Å². The van der Waals surface area contributed by atoms with Crippen LogP contribution in [0.25, 0.3) is 10.7 Å². The molecule has 0 amide bonds. The van der Waals surface area contributed by atoms with E-state index in [-0.39, 0.29) is 0 Å². The molecule has 0 N–H and O–H groups in total. The van der Waals surface area contributed by atoms with E-state index in [1.807, 2.05) is 6.92 Å². The molecule has 60 valence electrons. The smallest absolute Gasteiger partial charge is 0.167 e. The van der Waals surface area contributed by atoms with Gasteiger partial charge in [-0.25, -0.2) is 0 Å². The minimum Gasteiger partial charge on any atom is -0.258 e. The van der Waals surface area contributed by atoms with Crippen molar-refractivity contribution in [1.82, 2.24) is 20.2 Å². The largest absolute Gasteiger partial charge is 0.258 e. The Bertz CT molecular complexity index is 353. The summed E-state index contributed by atoms with van der Waals surface area (Å²) in [7, 11) is 0. The van der Waals surface area contributed by atoms with Crippen LogP contribution in [0.4, 0.5) is 0 Å². The third kappa shape index (κ3) is 1.31. The van der Waals surface area contributed by atoms with Crippen LogP contribution in [0, 0.1) is 6.92 Å². The first kappa shape index (κ1) is 7.30. The van der Waals surface area contributed by atoms with Crippen LogP contribution < -0.4 is 0 Å². The van der Waals surface area contributed by atoms with Crippen molar-refractivity contribution in [2.75, 3.05) is 0 Å². The highest BCUT2D eigenvalue weighted by atomic mass is 32.1. The number of aryl methyl sites for hydroxylation is 1. The van der Waals surface area contributed by atoms with E-state index in [1.165, 1.54) is 11.3 Å². The second-order valence-electron chi connectivity index (χ2n) is 2.29. The second-order valence-corrected chi connectivity index (χ2v) is 3.12. The van der Waals surface area contributed by atoms with E-state index in [4.69, 9.17) is 0 Å². The zero-order valence-corrected chi connectivity index (χ0v) is 7.25. The summed E-state index contributed by atoms with van der Waals surface area (Å²) in [6.45, 7) is 1.90. The van der Waals surface area contributed by atoms with Crippen LogP contribution in [0.1, 0.15) is 5.69 Å². The van der Waals surface area contributed by atoms with Gasteiger partial charge in [0.05, 0.1) is 11.9 Å². The second kappa shape index (κ2) is 2.94. The van der Waals surface area contributed by atoms with Gasteiger partial charge in [0, 0.05) is 6.20 Å². The molecule has 2 rings (SSSR count). The number of hydrogen-bond donors (Lipinski definition) is 0. The topological polar surface area (TPSA) is 51.6 Å². The fourth-order valence-electron chi connectivity index (χ4n) is 0.788. The summed E-state index contributed by atoms with van der Waals surface area (Å²) in [6.07, 6.45) is 3.42. The average Bonchev–Trinajstić information content (AvgIpc) is 2.58. The number of aromatic nitrogens is 4. The Balaban J connectivity index is 2.43. The summed E-state index contributed by atoms with van der Waals surface area (Å²) in [5.74, 6) is 0. The van der Waals surface area contributed by atoms with Crippen LogP contribution in [-0.2, 0) is 0 Å². The monoisotopic (exact) mass is 178 g/mol. The van der Waals surface area contributed by atoms with Crippen molar-refractivity contribution in [3.05, 3.63) is 23.6 Å². The van der Waals surface area contributed by atoms with Crippen LogP contribution in [0.3, 0.4) is 0 Å². The zero-order valence-electron chi connectivity index (χ0n) is 6.43. The van der Waals surface area contributed by atoms with Crippen molar-refractivity contribution in [3.8, 4) is 10.7 Å². The van der Waals surface area contributed by atoms with E-state index in [0.717, 1.165) is 16.4 Å². The molecule has 0 aliphatic rings. The molecule has 0 saturated carbocycles. The van der Waals surface area contributed by atoms with Crippen LogP contribution in [0.2, 0.25) is 0 Å². The van der Waals surface area contributed by atoms with Crippen molar-refractivity contribution in [2.45, 2.75) is 6.92 Å². The predicted octanol–water partition coefficient (Wildman–Crippen LogP) is 1.30. The lowest BCUT2D eigenvalue weighted by Gasteiger charge is -1.92. The maximum atomic E-state index is 4.17. The van der Waals surface area contributed by atoms with Crippen LogP contribution in [0.5, 0.6) is 0 Å². The molecule has 0 unspecified atom stereocenters. The Kier molecular flexibility index (Phi) is 1.79. The van der Waals surface area contributed by atoms with Crippen molar-refractivity contribution in [2.24, 2.45) is 0 Å². The molecule has 4 nitrogen and oxygen atoms in total. The van der Waals surface area contributed by atoms with Gasteiger partial charge >= 0.3 is 0 Å². The van der Waals surface area contributed by atoms with Gasteiger partial charge in [-0.05, 0) is 6.92 Å². The Morgan fingerprint density at radius 3 is 2.75 bits per heavy atom. The maximum absolute atomic E-state index is 4.17. The van der Waals surface area contributed by atoms with E-state index in [9.17, 15) is 0 Å². The fourth-order valence-corrected chi connectivity index (χ4v) is 1.30. The van der Waals surface area contributed by atoms with E-state index in [2.05, 4.69) is 20.2 Å². The minimum atomic E-state index is 0.781. The van der Waals surface area contributed by atoms with Crippen LogP contribution >= 0.6 is 11.3 Å². The van der Waals surface area contributed by atoms with Gasteiger partial charge in [0.15, 0.2) is 5.01 Å². The van der Waals surface area contributed by atoms with Gasteiger partial charge < -0.3 is 0 Å². The van der Waals surface area contributed by atoms with Gasteiger partial charge in [0.1, 0.15) is 11.2 Å². The molecule has 0 spiro atoms. The van der Waals surface area contributed by atoms with Gasteiger partial charge in [0.2, 0.25) is 0 Å². The summed E-state index contributed by atoms with van der Waals surface area (Å²) in [4.78, 5) is 8.28. The first-order chi connectivity index (χ1) is 5.86. The van der Waals surface area contributed by atoms with Crippen molar-refractivity contribution in [3.63, 3.8) is 0 Å². The Labute approximate surface area is 73.3 Å². The molecule has 0 aliphatic carbocycles. The molecule has 0 aromatic carbocycles. The molecule has 2 aromatic heterocycles. The van der Waals surface area contributed by atoms with Gasteiger partial charge in [-0.15, -0.1) is 10.2 Å². The summed E-state index contributed by atoms with van der Waals surface area (Å²) in [6, 6.07) is 0. The molecular formula is C7H6N4S. The molecule has 5 heteroatoms. The molecule has 0 fully saturated rings. The Morgan fingerprint density at radius 1 is 1.25 bits per heavy atom. The molecule has 2 aromatic rings. The highest BCUT2D eigenvalue weighted by Gasteiger charge is 2.01. The van der Waals surface area contributed by atoms with Crippen molar-refractivity contribution in [1.29, 1.82) is 0 Å². The van der Waals surface area contributed by atoms with Gasteiger partial charge in [-0.2, -0.15) is 0 Å². The third-order valence-corrected chi connectivity index (χ3v) is 2.07. The van der Waals surface area contributed by atoms with E-state index < -0.39 is 0 Å². The van der Waals surface area contributed by atoms with E-state index in [0.29, 0.717) is 0 Å². The molecule has 12 heavy (non-hydrogen) atoms. The zero-order chi connectivity index (χ0) is 8.39. The lowest BCUT2D eigenvalue weighted by Crippen LogP contribution is -1.86. The van der Waals surface area contributed by atoms with Gasteiger partial charge in [-0.3, -0.25) is 9.97 Å². The molecule has 0 bridgehead atoms. The average molecular weight is 178 g/mol. The standard InChI is InChI=1S/C7H6N4S/c1-5-2-9-6(3-8-5)7-11-10-4-12-7/h2-4H,1H3. The SMILES string of the molecule is Cc1cnc(-c2nncs2)cn1. The fraction of sp³-hybridized carbons (Fsp3) is 0.143. The van der Waals surface area contributed by atoms with Gasteiger partial charge in [0.25, 0.3) is 0 Å².